The Balaban J connectivity index is 0.00000272. The monoisotopic (exact) mass is 436 g/mol. The lowest BCUT2D eigenvalue weighted by Gasteiger charge is -2.44. The van der Waals surface area contributed by atoms with Crippen molar-refractivity contribution in [2.24, 2.45) is 0 Å². The third kappa shape index (κ3) is 4.30. The van der Waals surface area contributed by atoms with E-state index in [1.54, 1.807) is 0 Å². The van der Waals surface area contributed by atoms with Gasteiger partial charge in [0.05, 0.1) is 23.4 Å². The van der Waals surface area contributed by atoms with Gasteiger partial charge in [0.1, 0.15) is 0 Å². The largest absolute Gasteiger partial charge is 0.368 e. The molecule has 0 bridgehead atoms. The molecule has 31 heavy (non-hydrogen) atoms. The molecule has 4 rings (SSSR count). The van der Waals surface area contributed by atoms with E-state index >= 15 is 0 Å². The van der Waals surface area contributed by atoms with Crippen molar-refractivity contribution in [1.29, 1.82) is 5.26 Å². The Morgan fingerprint density at radius 2 is 1.87 bits per heavy atom. The Labute approximate surface area is 190 Å². The van der Waals surface area contributed by atoms with Crippen LogP contribution in [0.15, 0.2) is 36.4 Å². The number of anilines is 2. The molecule has 0 saturated carbocycles. The van der Waals surface area contributed by atoms with Gasteiger partial charge in [-0.05, 0) is 64.2 Å². The fraction of sp³-hybridized carbons (Fsp3) is 0.375. The van der Waals surface area contributed by atoms with Gasteiger partial charge in [-0.2, -0.15) is 10.4 Å². The highest BCUT2D eigenvalue weighted by Crippen LogP contribution is 2.32. The Bertz CT molecular complexity index is 1130. The number of rotatable bonds is 5. The molecule has 1 aliphatic heterocycles. The number of nitriles is 1. The van der Waals surface area contributed by atoms with Crippen molar-refractivity contribution < 1.29 is 0 Å². The van der Waals surface area contributed by atoms with Crippen LogP contribution in [-0.2, 0) is 0 Å². The van der Waals surface area contributed by atoms with E-state index in [4.69, 9.17) is 0 Å². The van der Waals surface area contributed by atoms with Gasteiger partial charge in [0, 0.05) is 35.6 Å². The average Bonchev–Trinajstić information content (AvgIpc) is 2.69. The second-order valence-corrected chi connectivity index (χ2v) is 8.38. The molecule has 1 aromatic heterocycles. The number of hydrogen-bond acceptors (Lipinski definition) is 6. The highest BCUT2D eigenvalue weighted by Gasteiger charge is 2.28. The molecule has 1 atom stereocenters. The smallest absolute Gasteiger partial charge is 0.157 e. The van der Waals surface area contributed by atoms with E-state index in [-0.39, 0.29) is 18.4 Å². The Kier molecular flexibility index (Phi) is 6.68. The molecule has 1 N–H and O–H groups in total. The number of hydrogen-bond donors (Lipinski definition) is 1. The zero-order valence-corrected chi connectivity index (χ0v) is 19.5. The van der Waals surface area contributed by atoms with Gasteiger partial charge >= 0.3 is 0 Å². The molecule has 2 aromatic carbocycles. The van der Waals surface area contributed by atoms with E-state index in [0.717, 1.165) is 46.5 Å². The molecule has 0 aliphatic carbocycles. The first-order valence-corrected chi connectivity index (χ1v) is 10.3. The van der Waals surface area contributed by atoms with Gasteiger partial charge < -0.3 is 15.1 Å². The van der Waals surface area contributed by atoms with Crippen LogP contribution in [0.3, 0.4) is 0 Å². The SMILES string of the molecule is Cc1c(C#N)cccc1[C@@H](C)Nc1nnc(C)c2ccc(N3CC(N(C)C)C3)cc12.Cl. The summed E-state index contributed by atoms with van der Waals surface area (Å²) in [6.07, 6.45) is 0. The topological polar surface area (TPSA) is 68.1 Å². The Morgan fingerprint density at radius 3 is 2.55 bits per heavy atom. The van der Waals surface area contributed by atoms with E-state index in [1.807, 2.05) is 26.0 Å². The van der Waals surface area contributed by atoms with Crippen molar-refractivity contribution in [3.05, 3.63) is 58.8 Å². The van der Waals surface area contributed by atoms with Crippen molar-refractivity contribution in [1.82, 2.24) is 15.1 Å². The molecule has 162 valence electrons. The molecule has 1 aliphatic rings. The summed E-state index contributed by atoms with van der Waals surface area (Å²) in [5, 5.41) is 23.9. The van der Waals surface area contributed by atoms with E-state index in [0.29, 0.717) is 11.6 Å². The first-order valence-electron chi connectivity index (χ1n) is 10.3. The molecule has 7 heteroatoms. The summed E-state index contributed by atoms with van der Waals surface area (Å²) < 4.78 is 0. The summed E-state index contributed by atoms with van der Waals surface area (Å²) in [5.74, 6) is 0.774. The number of aromatic nitrogens is 2. The van der Waals surface area contributed by atoms with Gasteiger partial charge in [-0.1, -0.05) is 18.2 Å². The van der Waals surface area contributed by atoms with Crippen molar-refractivity contribution in [3.63, 3.8) is 0 Å². The maximum atomic E-state index is 9.35. The quantitative estimate of drug-likeness (QED) is 0.636. The maximum absolute atomic E-state index is 9.35. The van der Waals surface area contributed by atoms with Gasteiger partial charge in [0.25, 0.3) is 0 Å². The number of halogens is 1. The minimum Gasteiger partial charge on any atom is -0.368 e. The van der Waals surface area contributed by atoms with E-state index < -0.39 is 0 Å². The van der Waals surface area contributed by atoms with Crippen LogP contribution in [0.25, 0.3) is 10.8 Å². The van der Waals surface area contributed by atoms with Crippen LogP contribution in [-0.4, -0.2) is 48.3 Å². The van der Waals surface area contributed by atoms with Gasteiger partial charge in [0.2, 0.25) is 0 Å². The summed E-state index contributed by atoms with van der Waals surface area (Å²) in [6.45, 7) is 8.16. The van der Waals surface area contributed by atoms with Gasteiger partial charge in [-0.25, -0.2) is 0 Å². The fourth-order valence-corrected chi connectivity index (χ4v) is 4.10. The summed E-state index contributed by atoms with van der Waals surface area (Å²) in [7, 11) is 4.27. The molecule has 0 spiro atoms. The van der Waals surface area contributed by atoms with Crippen LogP contribution in [0.4, 0.5) is 11.5 Å². The molecule has 0 radical (unpaired) electrons. The lowest BCUT2D eigenvalue weighted by atomic mass is 9.98. The number of nitrogens with zero attached hydrogens (tertiary/aromatic N) is 5. The lowest BCUT2D eigenvalue weighted by molar-refractivity contribution is 0.247. The first kappa shape index (κ1) is 22.8. The first-order chi connectivity index (χ1) is 14.4. The standard InChI is InChI=1S/C24H28N6.ClH/c1-15-18(12-25)7-6-8-21(15)16(2)26-24-23-11-19(30-13-20(14-30)29(4)5)9-10-22(23)17(3)27-28-24;/h6-11,16,20H,13-14H2,1-5H3,(H,26,28);1H/t16-;/m1./s1. The second kappa shape index (κ2) is 9.09. The van der Waals surface area contributed by atoms with Crippen molar-refractivity contribution >= 4 is 34.7 Å². The van der Waals surface area contributed by atoms with E-state index in [9.17, 15) is 5.26 Å². The second-order valence-electron chi connectivity index (χ2n) is 8.38. The molecule has 1 fully saturated rings. The van der Waals surface area contributed by atoms with Crippen LogP contribution in [0, 0.1) is 25.2 Å². The molecular weight excluding hydrogens is 408 g/mol. The molecule has 0 amide bonds. The summed E-state index contributed by atoms with van der Waals surface area (Å²) in [6, 6.07) is 15.3. The predicted octanol–water partition coefficient (Wildman–Crippen LogP) is 4.46. The molecular formula is C24H29ClN6. The van der Waals surface area contributed by atoms with Crippen molar-refractivity contribution in [2.75, 3.05) is 37.4 Å². The zero-order chi connectivity index (χ0) is 21.4. The Hall–Kier alpha value is -2.88. The number of nitrogens with one attached hydrogen (secondary N) is 1. The number of fused-ring (bicyclic) bond motifs is 1. The number of aryl methyl sites for hydroxylation is 1. The van der Waals surface area contributed by atoms with Crippen LogP contribution in [0.5, 0.6) is 0 Å². The van der Waals surface area contributed by atoms with E-state index in [2.05, 4.69) is 76.7 Å². The third-order valence-electron chi connectivity index (χ3n) is 6.22. The predicted molar refractivity (Wildman–Crippen MR) is 129 cm³/mol. The lowest BCUT2D eigenvalue weighted by Crippen LogP contribution is -2.57. The average molecular weight is 437 g/mol. The molecule has 0 unspecified atom stereocenters. The Morgan fingerprint density at radius 1 is 1.13 bits per heavy atom. The van der Waals surface area contributed by atoms with E-state index in [1.165, 1.54) is 5.69 Å². The number of benzene rings is 2. The molecule has 1 saturated heterocycles. The molecule has 6 nitrogen and oxygen atoms in total. The van der Waals surface area contributed by atoms with Gasteiger partial charge in [-0.3, -0.25) is 0 Å². The minimum atomic E-state index is 0. The highest BCUT2D eigenvalue weighted by molar-refractivity contribution is 5.95. The summed E-state index contributed by atoms with van der Waals surface area (Å²) >= 11 is 0. The maximum Gasteiger partial charge on any atom is 0.157 e. The van der Waals surface area contributed by atoms with Crippen LogP contribution in [0.2, 0.25) is 0 Å². The zero-order valence-electron chi connectivity index (χ0n) is 18.7. The highest BCUT2D eigenvalue weighted by atomic mass is 35.5. The minimum absolute atomic E-state index is 0. The van der Waals surface area contributed by atoms with Gasteiger partial charge in [0.15, 0.2) is 5.82 Å². The summed E-state index contributed by atoms with van der Waals surface area (Å²) in [5.41, 5.74) is 4.94. The molecule has 2 heterocycles. The van der Waals surface area contributed by atoms with Gasteiger partial charge in [-0.15, -0.1) is 17.5 Å². The van der Waals surface area contributed by atoms with Crippen LogP contribution >= 0.6 is 12.4 Å². The fourth-order valence-electron chi connectivity index (χ4n) is 4.10. The van der Waals surface area contributed by atoms with Crippen LogP contribution < -0.4 is 10.2 Å². The van der Waals surface area contributed by atoms with Crippen molar-refractivity contribution in [3.8, 4) is 6.07 Å². The normalized spacial score (nSPS) is 14.7. The molecule has 3 aromatic rings. The van der Waals surface area contributed by atoms with Crippen molar-refractivity contribution in [2.45, 2.75) is 32.9 Å². The number of likely N-dealkylation sites (N-methyl/N-ethyl adjacent to an activating group) is 1. The third-order valence-corrected chi connectivity index (χ3v) is 6.22. The summed E-state index contributed by atoms with van der Waals surface area (Å²) in [4.78, 5) is 4.67. The van der Waals surface area contributed by atoms with Crippen LogP contribution in [0.1, 0.15) is 35.3 Å².